The molecule has 100 valence electrons. The second-order valence-electron chi connectivity index (χ2n) is 5.94. The topological polar surface area (TPSA) is 18.5 Å². The van der Waals surface area contributed by atoms with Crippen molar-refractivity contribution in [2.45, 2.75) is 38.9 Å². The SMILES string of the molecule is C=Cc1ccc(C(=C)B2OC(C)(C)C(C)(C)O2)cc1. The van der Waals surface area contributed by atoms with Gasteiger partial charge in [0.15, 0.2) is 0 Å². The van der Waals surface area contributed by atoms with Crippen molar-refractivity contribution in [1.29, 1.82) is 0 Å². The van der Waals surface area contributed by atoms with E-state index in [4.69, 9.17) is 9.31 Å². The molecule has 1 aliphatic heterocycles. The van der Waals surface area contributed by atoms with Crippen molar-refractivity contribution in [3.8, 4) is 0 Å². The Labute approximate surface area is 116 Å². The normalized spacial score (nSPS) is 20.3. The minimum atomic E-state index is -0.389. The second-order valence-corrected chi connectivity index (χ2v) is 5.94. The monoisotopic (exact) mass is 256 g/mol. The van der Waals surface area contributed by atoms with Gasteiger partial charge in [-0.3, -0.25) is 0 Å². The van der Waals surface area contributed by atoms with Crippen LogP contribution in [-0.2, 0) is 9.31 Å². The van der Waals surface area contributed by atoms with Crippen LogP contribution in [0.5, 0.6) is 0 Å². The Balaban J connectivity index is 2.19. The first-order valence-corrected chi connectivity index (χ1v) is 6.54. The van der Waals surface area contributed by atoms with Crippen molar-refractivity contribution < 1.29 is 9.31 Å². The number of benzene rings is 1. The summed E-state index contributed by atoms with van der Waals surface area (Å²) in [4.78, 5) is 0. The molecule has 2 nitrogen and oxygen atoms in total. The summed E-state index contributed by atoms with van der Waals surface area (Å²) in [5.74, 6) is 0. The van der Waals surface area contributed by atoms with E-state index in [1.165, 1.54) is 0 Å². The lowest BCUT2D eigenvalue weighted by Gasteiger charge is -2.32. The van der Waals surface area contributed by atoms with Gasteiger partial charge in [-0.05, 0) is 44.3 Å². The standard InChI is InChI=1S/C16H21BO2/c1-7-13-8-10-14(11-9-13)12(2)17-18-15(3,4)16(5,6)19-17/h7-11H,1-2H2,3-6H3. The Morgan fingerprint density at radius 1 is 1.05 bits per heavy atom. The van der Waals surface area contributed by atoms with Gasteiger partial charge in [-0.2, -0.15) is 0 Å². The zero-order valence-corrected chi connectivity index (χ0v) is 12.2. The van der Waals surface area contributed by atoms with Crippen LogP contribution < -0.4 is 0 Å². The number of hydrogen-bond acceptors (Lipinski definition) is 2. The molecule has 0 spiro atoms. The van der Waals surface area contributed by atoms with Gasteiger partial charge >= 0.3 is 7.12 Å². The molecule has 1 fully saturated rings. The summed E-state index contributed by atoms with van der Waals surface area (Å²) >= 11 is 0. The largest absolute Gasteiger partial charge is 0.494 e. The highest BCUT2D eigenvalue weighted by atomic mass is 16.7. The zero-order valence-electron chi connectivity index (χ0n) is 12.2. The van der Waals surface area contributed by atoms with Crippen LogP contribution in [0.3, 0.4) is 0 Å². The van der Waals surface area contributed by atoms with Crippen molar-refractivity contribution in [3.63, 3.8) is 0 Å². The van der Waals surface area contributed by atoms with Gasteiger partial charge in [0.1, 0.15) is 0 Å². The Kier molecular flexibility index (Phi) is 3.46. The Bertz CT molecular complexity index is 484. The summed E-state index contributed by atoms with van der Waals surface area (Å²) in [6.45, 7) is 16.0. The molecule has 1 saturated heterocycles. The molecule has 0 bridgehead atoms. The van der Waals surface area contributed by atoms with Crippen LogP contribution in [0.2, 0.25) is 0 Å². The van der Waals surface area contributed by atoms with Crippen molar-refractivity contribution >= 4 is 18.7 Å². The van der Waals surface area contributed by atoms with E-state index in [-0.39, 0.29) is 18.3 Å². The van der Waals surface area contributed by atoms with E-state index in [2.05, 4.69) is 13.2 Å². The fraction of sp³-hybridized carbons (Fsp3) is 0.375. The molecule has 2 rings (SSSR count). The third-order valence-electron chi connectivity index (χ3n) is 4.05. The first-order chi connectivity index (χ1) is 8.77. The fourth-order valence-corrected chi connectivity index (χ4v) is 1.95. The summed E-state index contributed by atoms with van der Waals surface area (Å²) in [5, 5.41) is 0. The van der Waals surface area contributed by atoms with Gasteiger partial charge in [0.2, 0.25) is 0 Å². The van der Waals surface area contributed by atoms with Crippen LogP contribution in [0.15, 0.2) is 37.4 Å². The Morgan fingerprint density at radius 3 is 1.95 bits per heavy atom. The van der Waals surface area contributed by atoms with E-state index in [0.717, 1.165) is 16.6 Å². The maximum Gasteiger partial charge on any atom is 0.494 e. The molecule has 0 unspecified atom stereocenters. The molecular weight excluding hydrogens is 235 g/mol. The summed E-state index contributed by atoms with van der Waals surface area (Å²) < 4.78 is 12.0. The summed E-state index contributed by atoms with van der Waals surface area (Å²) in [5.41, 5.74) is 2.31. The number of hydrogen-bond donors (Lipinski definition) is 0. The minimum Gasteiger partial charge on any atom is -0.399 e. The lowest BCUT2D eigenvalue weighted by atomic mass is 9.75. The maximum atomic E-state index is 5.99. The molecular formula is C16H21BO2. The molecule has 19 heavy (non-hydrogen) atoms. The third-order valence-corrected chi connectivity index (χ3v) is 4.05. The molecule has 0 amide bonds. The van der Waals surface area contributed by atoms with Gasteiger partial charge in [0.25, 0.3) is 0 Å². The van der Waals surface area contributed by atoms with Gasteiger partial charge in [0, 0.05) is 0 Å². The van der Waals surface area contributed by atoms with Crippen LogP contribution in [0.4, 0.5) is 0 Å². The molecule has 3 heteroatoms. The quantitative estimate of drug-likeness (QED) is 0.761. The molecule has 0 radical (unpaired) electrons. The smallest absolute Gasteiger partial charge is 0.399 e. The summed E-state index contributed by atoms with van der Waals surface area (Å²) in [7, 11) is -0.389. The van der Waals surface area contributed by atoms with Crippen molar-refractivity contribution in [2.75, 3.05) is 0 Å². The summed E-state index contributed by atoms with van der Waals surface area (Å²) in [6, 6.07) is 8.06. The molecule has 0 N–H and O–H groups in total. The fourth-order valence-electron chi connectivity index (χ4n) is 1.95. The minimum absolute atomic E-state index is 0.332. The first kappa shape index (κ1) is 14.1. The van der Waals surface area contributed by atoms with E-state index in [9.17, 15) is 0 Å². The first-order valence-electron chi connectivity index (χ1n) is 6.54. The van der Waals surface area contributed by atoms with Gasteiger partial charge < -0.3 is 9.31 Å². The Hall–Kier alpha value is -1.32. The van der Waals surface area contributed by atoms with E-state index in [1.54, 1.807) is 0 Å². The zero-order chi connectivity index (χ0) is 14.3. The lowest BCUT2D eigenvalue weighted by Crippen LogP contribution is -2.41. The molecule has 1 aromatic carbocycles. The highest BCUT2D eigenvalue weighted by Crippen LogP contribution is 2.39. The van der Waals surface area contributed by atoms with Gasteiger partial charge in [-0.25, -0.2) is 0 Å². The second kappa shape index (κ2) is 4.66. The third kappa shape index (κ3) is 2.53. The van der Waals surface area contributed by atoms with E-state index in [0.29, 0.717) is 0 Å². The molecule has 1 aromatic rings. The average Bonchev–Trinajstić information content (AvgIpc) is 2.58. The molecule has 0 saturated carbocycles. The van der Waals surface area contributed by atoms with Crippen LogP contribution in [0.25, 0.3) is 11.5 Å². The van der Waals surface area contributed by atoms with E-state index < -0.39 is 0 Å². The molecule has 0 aliphatic carbocycles. The van der Waals surface area contributed by atoms with Crippen LogP contribution >= 0.6 is 0 Å². The van der Waals surface area contributed by atoms with Gasteiger partial charge in [-0.1, -0.05) is 43.5 Å². The van der Waals surface area contributed by atoms with Crippen molar-refractivity contribution in [1.82, 2.24) is 0 Å². The van der Waals surface area contributed by atoms with Crippen molar-refractivity contribution in [2.24, 2.45) is 0 Å². The summed E-state index contributed by atoms with van der Waals surface area (Å²) in [6.07, 6.45) is 1.82. The van der Waals surface area contributed by atoms with Crippen molar-refractivity contribution in [3.05, 3.63) is 48.6 Å². The van der Waals surface area contributed by atoms with Gasteiger partial charge in [0.05, 0.1) is 11.2 Å². The number of rotatable bonds is 3. The molecule has 1 aliphatic rings. The predicted octanol–water partition coefficient (Wildman–Crippen LogP) is 3.97. The highest BCUT2D eigenvalue weighted by Gasteiger charge is 2.52. The van der Waals surface area contributed by atoms with Crippen LogP contribution in [-0.4, -0.2) is 18.3 Å². The highest BCUT2D eigenvalue weighted by molar-refractivity contribution is 6.68. The molecule has 1 heterocycles. The Morgan fingerprint density at radius 2 is 1.53 bits per heavy atom. The molecule has 0 atom stereocenters. The van der Waals surface area contributed by atoms with E-state index in [1.807, 2.05) is 58.0 Å². The predicted molar refractivity (Wildman–Crippen MR) is 81.6 cm³/mol. The van der Waals surface area contributed by atoms with Gasteiger partial charge in [-0.15, -0.1) is 0 Å². The van der Waals surface area contributed by atoms with Crippen LogP contribution in [0, 0.1) is 0 Å². The maximum absolute atomic E-state index is 5.99. The average molecular weight is 256 g/mol. The lowest BCUT2D eigenvalue weighted by molar-refractivity contribution is 0.00578. The van der Waals surface area contributed by atoms with Crippen LogP contribution in [0.1, 0.15) is 38.8 Å². The van der Waals surface area contributed by atoms with E-state index >= 15 is 0 Å². The molecule has 0 aromatic heterocycles.